The van der Waals surface area contributed by atoms with Gasteiger partial charge in [0.05, 0.1) is 0 Å². The van der Waals surface area contributed by atoms with Crippen molar-refractivity contribution in [2.45, 2.75) is 168 Å². The first-order valence-electron chi connectivity index (χ1n) is 22.5. The van der Waals surface area contributed by atoms with Crippen molar-refractivity contribution in [2.75, 3.05) is 32.8 Å². The van der Waals surface area contributed by atoms with Crippen LogP contribution in [0.5, 0.6) is 0 Å². The highest BCUT2D eigenvalue weighted by Gasteiger charge is 2.85. The van der Waals surface area contributed by atoms with Gasteiger partial charge in [0.2, 0.25) is 17.7 Å². The van der Waals surface area contributed by atoms with Gasteiger partial charge in [0.15, 0.2) is 0 Å². The molecule has 7 aliphatic rings. The van der Waals surface area contributed by atoms with Crippen LogP contribution >= 0.6 is 0 Å². The van der Waals surface area contributed by atoms with E-state index >= 15 is 4.79 Å². The Morgan fingerprint density at radius 1 is 0.800 bits per heavy atom. The van der Waals surface area contributed by atoms with Crippen molar-refractivity contribution in [1.29, 1.82) is 0 Å². The maximum absolute atomic E-state index is 15.6. The average molecular weight is 859 g/mol. The van der Waals surface area contributed by atoms with Gasteiger partial charge in [-0.05, 0) is 101 Å². The van der Waals surface area contributed by atoms with Gasteiger partial charge >= 0.3 is 16.3 Å². The third kappa shape index (κ3) is 7.55. The highest BCUT2D eigenvalue weighted by atomic mass is 32.2. The molecular formula is C44H70N6O9S. The van der Waals surface area contributed by atoms with Crippen LogP contribution in [0, 0.1) is 33.0 Å². The summed E-state index contributed by atoms with van der Waals surface area (Å²) in [5.41, 5.74) is -4.28. The highest BCUT2D eigenvalue weighted by molar-refractivity contribution is 7.87. The molecule has 0 radical (unpaired) electrons. The number of nitrogens with one attached hydrogen (secondary N) is 4. The van der Waals surface area contributed by atoms with Crippen LogP contribution < -0.4 is 20.7 Å². The molecule has 3 saturated heterocycles. The molecule has 0 unspecified atom stereocenters. The van der Waals surface area contributed by atoms with Crippen molar-refractivity contribution in [3.63, 3.8) is 0 Å². The van der Waals surface area contributed by atoms with Crippen LogP contribution in [-0.2, 0) is 38.9 Å². The number of carbonyl (C=O) groups is 5. The second-order valence-corrected chi connectivity index (χ2v) is 23.1. The first-order chi connectivity index (χ1) is 28.0. The van der Waals surface area contributed by atoms with Crippen molar-refractivity contribution < 1.29 is 41.9 Å². The van der Waals surface area contributed by atoms with Crippen LogP contribution in [0.4, 0.5) is 4.79 Å². The molecular weight excluding hydrogens is 789 g/mol. The number of ether oxygens (including phenoxy) is 2. The number of fused-ring (bicyclic) bond motifs is 1. The average Bonchev–Trinajstić information content (AvgIpc) is 3.61. The van der Waals surface area contributed by atoms with Crippen LogP contribution in [0.3, 0.4) is 0 Å². The molecule has 16 heteroatoms. The Kier molecular flexibility index (Phi) is 11.6. The molecule has 6 atom stereocenters. The smallest absolute Gasteiger partial charge is 0.408 e. The minimum atomic E-state index is -4.13. The third-order valence-corrected chi connectivity index (χ3v) is 18.0. The van der Waals surface area contributed by atoms with Crippen LogP contribution in [0.15, 0.2) is 12.7 Å². The molecule has 7 rings (SSSR count). The number of alkyl carbamates (subject to hydrolysis) is 1. The lowest BCUT2D eigenvalue weighted by molar-refractivity contribution is -0.147. The largest absolute Gasteiger partial charge is 0.444 e. The Morgan fingerprint density at radius 3 is 1.95 bits per heavy atom. The van der Waals surface area contributed by atoms with Crippen LogP contribution in [0.1, 0.15) is 138 Å². The van der Waals surface area contributed by atoms with Gasteiger partial charge in [-0.25, -0.2) is 9.52 Å². The summed E-state index contributed by atoms with van der Waals surface area (Å²) in [6.07, 6.45) is 11.0. The first-order valence-corrected chi connectivity index (χ1v) is 23.9. The Hall–Kier alpha value is -3.24. The van der Waals surface area contributed by atoms with Crippen LogP contribution in [0.2, 0.25) is 0 Å². The molecule has 7 fully saturated rings. The summed E-state index contributed by atoms with van der Waals surface area (Å²) in [5.74, 6) is -2.72. The van der Waals surface area contributed by atoms with E-state index in [1.54, 1.807) is 31.7 Å². The van der Waals surface area contributed by atoms with Gasteiger partial charge < -0.3 is 30.3 Å². The van der Waals surface area contributed by atoms with Crippen LogP contribution in [0.25, 0.3) is 0 Å². The van der Waals surface area contributed by atoms with E-state index in [0.29, 0.717) is 77.8 Å². The van der Waals surface area contributed by atoms with Crippen molar-refractivity contribution in [2.24, 2.45) is 33.0 Å². The summed E-state index contributed by atoms with van der Waals surface area (Å²) in [6, 6.07) is -3.05. The van der Waals surface area contributed by atoms with E-state index in [9.17, 15) is 27.6 Å². The van der Waals surface area contributed by atoms with E-state index in [4.69, 9.17) is 9.47 Å². The van der Waals surface area contributed by atoms with Gasteiger partial charge in [0.1, 0.15) is 29.3 Å². The lowest BCUT2D eigenvalue weighted by Gasteiger charge is -2.44. The molecule has 3 aliphatic heterocycles. The number of likely N-dealkylation sites (tertiary alicyclic amines) is 1. The molecule has 15 nitrogen and oxygen atoms in total. The van der Waals surface area contributed by atoms with Crippen LogP contribution in [-0.4, -0.2) is 109 Å². The summed E-state index contributed by atoms with van der Waals surface area (Å²) in [5, 5.41) is 9.06. The fraction of sp³-hybridized carbons (Fsp3) is 0.841. The standard InChI is InChI=1S/C44H70N6O9S/c1-9-29-26-44(29,36(54)48-60(56,57)49-22-13-14-23-49)47-33(51)30-27-43(39(5,6)42(43)18-15-19-42)28-50(30)35(53)32(41(8)20-24-58-25-21-41)45-34(52)31(40(7)16-11-10-12-17-40)46-37(55)59-38(2,3)4/h9,29-32H,1,10-28H2,2-8H3,(H,45,52)(H,46,55)(H,47,51)(H,48,54)/t29-,30+,31-,32-,43-,44-/m1/s1. The molecule has 5 amide bonds. The zero-order valence-electron chi connectivity index (χ0n) is 37.0. The lowest BCUT2D eigenvalue weighted by Crippen LogP contribution is -2.65. The van der Waals surface area contributed by atoms with E-state index in [1.807, 2.05) is 13.8 Å². The fourth-order valence-electron chi connectivity index (χ4n) is 12.3. The quantitative estimate of drug-likeness (QED) is 0.205. The Balaban J connectivity index is 1.21. The fourth-order valence-corrected chi connectivity index (χ4v) is 13.6. The minimum absolute atomic E-state index is 0.0466. The van der Waals surface area contributed by atoms with Gasteiger partial charge in [-0.3, -0.25) is 19.2 Å². The zero-order chi connectivity index (χ0) is 43.7. The zero-order valence-corrected chi connectivity index (χ0v) is 37.8. The second kappa shape index (κ2) is 15.5. The summed E-state index contributed by atoms with van der Waals surface area (Å²) < 4.78 is 41.4. The Bertz CT molecular complexity index is 1860. The molecule has 0 aromatic rings. The summed E-state index contributed by atoms with van der Waals surface area (Å²) in [7, 11) is -4.13. The molecule has 2 spiro atoms. The number of hydrogen-bond donors (Lipinski definition) is 4. The normalized spacial score (nSPS) is 32.2. The highest BCUT2D eigenvalue weighted by Crippen LogP contribution is 2.88. The number of rotatable bonds is 12. The lowest BCUT2D eigenvalue weighted by atomic mass is 9.69. The Labute approximate surface area is 356 Å². The summed E-state index contributed by atoms with van der Waals surface area (Å²) in [4.78, 5) is 74.3. The molecule has 60 heavy (non-hydrogen) atoms. The molecule has 0 aromatic heterocycles. The maximum atomic E-state index is 15.6. The molecule has 0 aromatic carbocycles. The summed E-state index contributed by atoms with van der Waals surface area (Å²) >= 11 is 0. The van der Waals surface area contributed by atoms with E-state index < -0.39 is 85.9 Å². The minimum Gasteiger partial charge on any atom is -0.444 e. The summed E-state index contributed by atoms with van der Waals surface area (Å²) in [6.45, 7) is 19.3. The van der Waals surface area contributed by atoms with E-state index in [0.717, 1.165) is 38.5 Å². The molecule has 3 heterocycles. The van der Waals surface area contributed by atoms with Gasteiger partial charge in [0, 0.05) is 49.6 Å². The predicted molar refractivity (Wildman–Crippen MR) is 224 cm³/mol. The molecule has 4 N–H and O–H groups in total. The van der Waals surface area contributed by atoms with Gasteiger partial charge in [-0.2, -0.15) is 12.7 Å². The predicted octanol–water partition coefficient (Wildman–Crippen LogP) is 4.47. The maximum Gasteiger partial charge on any atom is 0.408 e. The van der Waals surface area contributed by atoms with Gasteiger partial charge in [-0.1, -0.05) is 59.5 Å². The number of carbonyl (C=O) groups excluding carboxylic acids is 5. The third-order valence-electron chi connectivity index (χ3n) is 16.6. The van der Waals surface area contributed by atoms with E-state index in [-0.39, 0.29) is 22.7 Å². The topological polar surface area (TPSA) is 193 Å². The van der Waals surface area contributed by atoms with E-state index in [1.165, 1.54) is 4.31 Å². The Morgan fingerprint density at radius 2 is 1.42 bits per heavy atom. The number of hydrogen-bond acceptors (Lipinski definition) is 9. The van der Waals surface area contributed by atoms with Crippen molar-refractivity contribution in [3.05, 3.63) is 12.7 Å². The van der Waals surface area contributed by atoms with Crippen molar-refractivity contribution in [1.82, 2.24) is 29.9 Å². The number of amides is 5. The van der Waals surface area contributed by atoms with E-state index in [2.05, 4.69) is 41.1 Å². The molecule has 4 aliphatic carbocycles. The van der Waals surface area contributed by atoms with Crippen molar-refractivity contribution in [3.8, 4) is 0 Å². The van der Waals surface area contributed by atoms with Gasteiger partial charge in [0.25, 0.3) is 5.91 Å². The second-order valence-electron chi connectivity index (χ2n) is 21.4. The first kappa shape index (κ1) is 44.8. The monoisotopic (exact) mass is 858 g/mol. The SMILES string of the molecule is C=C[C@@H]1C[C@]1(NC(=O)[C@@H]1C[C@@]2(CN1C(=O)[C@@H](NC(=O)[C@@H](NC(=O)OC(C)(C)C)C1(C)CCCCC1)C1(C)CCOCC1)C(C)(C)C21CCC1)C(=O)NS(=O)(=O)N1CCCC1. The van der Waals surface area contributed by atoms with Gasteiger partial charge in [-0.15, -0.1) is 6.58 Å². The molecule has 4 saturated carbocycles. The molecule has 336 valence electrons. The number of nitrogens with zero attached hydrogens (tertiary/aromatic N) is 2. The van der Waals surface area contributed by atoms with Crippen molar-refractivity contribution >= 4 is 39.9 Å². The molecule has 0 bridgehead atoms.